The highest BCUT2D eigenvalue weighted by atomic mass is 16.6. The van der Waals surface area contributed by atoms with Crippen molar-refractivity contribution in [2.75, 3.05) is 13.2 Å². The van der Waals surface area contributed by atoms with Crippen LogP contribution < -0.4 is 0 Å². The number of nitro groups is 1. The van der Waals surface area contributed by atoms with Gasteiger partial charge in [0.05, 0.1) is 17.7 Å². The van der Waals surface area contributed by atoms with Crippen molar-refractivity contribution < 1.29 is 19.2 Å². The molecule has 2 rings (SSSR count). The van der Waals surface area contributed by atoms with Gasteiger partial charge in [0.25, 0.3) is 0 Å². The molecule has 0 spiro atoms. The number of H-pyrrole nitrogens is 1. The molecule has 1 aromatic heterocycles. The summed E-state index contributed by atoms with van der Waals surface area (Å²) in [5.41, 5.74) is 1.24. The number of Topliss-reactive ketones (excluding diaryl/α,β-unsaturated/α-hetero) is 1. The smallest absolute Gasteiger partial charge is 0.340 e. The molecule has 0 amide bonds. The molecule has 20 heavy (non-hydrogen) atoms. The van der Waals surface area contributed by atoms with Crippen LogP contribution in [-0.4, -0.2) is 34.8 Å². The molecule has 0 saturated heterocycles. The molecule has 1 aliphatic rings. The van der Waals surface area contributed by atoms with Gasteiger partial charge in [0, 0.05) is 29.2 Å². The maximum absolute atomic E-state index is 12.2. The molecule has 0 aliphatic heterocycles. The first-order valence-electron chi connectivity index (χ1n) is 6.55. The van der Waals surface area contributed by atoms with Crippen molar-refractivity contribution in [3.63, 3.8) is 0 Å². The van der Waals surface area contributed by atoms with Gasteiger partial charge in [-0.1, -0.05) is 0 Å². The van der Waals surface area contributed by atoms with Gasteiger partial charge in [-0.3, -0.25) is 14.9 Å². The first-order chi connectivity index (χ1) is 9.52. The molecule has 1 atom stereocenters. The third-order valence-corrected chi connectivity index (χ3v) is 3.42. The van der Waals surface area contributed by atoms with Crippen LogP contribution in [-0.2, 0) is 11.2 Å². The molecule has 108 valence electrons. The summed E-state index contributed by atoms with van der Waals surface area (Å²) in [6.45, 7) is 1.71. The Morgan fingerprint density at radius 2 is 2.35 bits per heavy atom. The van der Waals surface area contributed by atoms with Crippen LogP contribution in [0, 0.1) is 16.0 Å². The Hall–Kier alpha value is -2.18. The van der Waals surface area contributed by atoms with Crippen LogP contribution in [0.25, 0.3) is 0 Å². The lowest BCUT2D eigenvalue weighted by molar-refractivity contribution is -0.488. The van der Waals surface area contributed by atoms with Gasteiger partial charge in [-0.25, -0.2) is 4.79 Å². The summed E-state index contributed by atoms with van der Waals surface area (Å²) in [5.74, 6) is -1.05. The second-order valence-corrected chi connectivity index (χ2v) is 4.82. The standard InChI is InChI=1S/C13H16N2O5/c1-2-20-13(17)9-6-14-10-4-3-8(7-15(18)19)5-11(16)12(9)10/h6,8,14H,2-5,7H2,1H3. The number of ether oxygens (including phenoxy) is 1. The topological polar surface area (TPSA) is 102 Å². The van der Waals surface area contributed by atoms with Crippen LogP contribution in [0.3, 0.4) is 0 Å². The van der Waals surface area contributed by atoms with Gasteiger partial charge in [0.1, 0.15) is 0 Å². The third-order valence-electron chi connectivity index (χ3n) is 3.42. The summed E-state index contributed by atoms with van der Waals surface area (Å²) in [6, 6.07) is 0. The van der Waals surface area contributed by atoms with Crippen molar-refractivity contribution >= 4 is 11.8 Å². The average molecular weight is 280 g/mol. The van der Waals surface area contributed by atoms with E-state index in [9.17, 15) is 19.7 Å². The SMILES string of the molecule is CCOC(=O)c1c[nH]c2c1C(=O)CC(C[N+](=O)[O-])CC2. The number of carbonyl (C=O) groups excluding carboxylic acids is 2. The van der Waals surface area contributed by atoms with E-state index < -0.39 is 10.9 Å². The molecule has 0 bridgehead atoms. The molecule has 1 N–H and O–H groups in total. The van der Waals surface area contributed by atoms with E-state index in [0.717, 1.165) is 0 Å². The molecule has 1 unspecified atom stereocenters. The molecule has 1 heterocycles. The lowest BCUT2D eigenvalue weighted by Crippen LogP contribution is -2.17. The van der Waals surface area contributed by atoms with E-state index in [0.29, 0.717) is 24.1 Å². The summed E-state index contributed by atoms with van der Waals surface area (Å²) in [6.07, 6.45) is 2.66. The van der Waals surface area contributed by atoms with E-state index in [2.05, 4.69) is 4.98 Å². The van der Waals surface area contributed by atoms with Crippen LogP contribution >= 0.6 is 0 Å². The molecule has 0 aromatic carbocycles. The summed E-state index contributed by atoms with van der Waals surface area (Å²) >= 11 is 0. The van der Waals surface area contributed by atoms with Crippen molar-refractivity contribution in [3.05, 3.63) is 33.1 Å². The summed E-state index contributed by atoms with van der Waals surface area (Å²) in [7, 11) is 0. The number of carbonyl (C=O) groups is 2. The highest BCUT2D eigenvalue weighted by molar-refractivity contribution is 6.07. The number of fused-ring (bicyclic) bond motifs is 1. The number of esters is 1. The Balaban J connectivity index is 2.24. The second kappa shape index (κ2) is 5.85. The fraction of sp³-hybridized carbons (Fsp3) is 0.538. The fourth-order valence-corrected chi connectivity index (χ4v) is 2.53. The van der Waals surface area contributed by atoms with Gasteiger partial charge in [-0.05, 0) is 19.8 Å². The number of hydrogen-bond donors (Lipinski definition) is 1. The predicted molar refractivity (Wildman–Crippen MR) is 69.4 cm³/mol. The largest absolute Gasteiger partial charge is 0.462 e. The number of rotatable bonds is 4. The van der Waals surface area contributed by atoms with Gasteiger partial charge < -0.3 is 9.72 Å². The first-order valence-corrected chi connectivity index (χ1v) is 6.55. The van der Waals surface area contributed by atoms with Crippen LogP contribution in [0.4, 0.5) is 0 Å². The van der Waals surface area contributed by atoms with Crippen LogP contribution in [0.1, 0.15) is 46.2 Å². The molecule has 0 fully saturated rings. The Labute approximate surface area is 115 Å². The van der Waals surface area contributed by atoms with E-state index in [4.69, 9.17) is 4.74 Å². The second-order valence-electron chi connectivity index (χ2n) is 4.82. The van der Waals surface area contributed by atoms with E-state index in [1.807, 2.05) is 0 Å². The lowest BCUT2D eigenvalue weighted by Gasteiger charge is -2.07. The molecular weight excluding hydrogens is 264 g/mol. The first kappa shape index (κ1) is 14.2. The number of nitrogens with one attached hydrogen (secondary N) is 1. The van der Waals surface area contributed by atoms with Gasteiger partial charge in [0.2, 0.25) is 6.54 Å². The van der Waals surface area contributed by atoms with Crippen LogP contribution in [0.15, 0.2) is 6.20 Å². The predicted octanol–water partition coefficient (Wildman–Crippen LogP) is 1.60. The van der Waals surface area contributed by atoms with Crippen molar-refractivity contribution in [1.29, 1.82) is 0 Å². The maximum Gasteiger partial charge on any atom is 0.340 e. The molecule has 7 nitrogen and oxygen atoms in total. The van der Waals surface area contributed by atoms with E-state index in [1.54, 1.807) is 6.92 Å². The summed E-state index contributed by atoms with van der Waals surface area (Å²) < 4.78 is 4.91. The Kier molecular flexibility index (Phi) is 4.16. The maximum atomic E-state index is 12.2. The van der Waals surface area contributed by atoms with Crippen LogP contribution in [0.5, 0.6) is 0 Å². The summed E-state index contributed by atoms with van der Waals surface area (Å²) in [4.78, 5) is 37.1. The van der Waals surface area contributed by atoms with Crippen molar-refractivity contribution in [3.8, 4) is 0 Å². The number of hydrogen-bond acceptors (Lipinski definition) is 5. The lowest BCUT2D eigenvalue weighted by atomic mass is 9.98. The van der Waals surface area contributed by atoms with E-state index in [-0.39, 0.29) is 36.8 Å². The zero-order valence-electron chi connectivity index (χ0n) is 11.2. The Morgan fingerprint density at radius 1 is 1.60 bits per heavy atom. The quantitative estimate of drug-likeness (QED) is 0.390. The normalized spacial score (nSPS) is 18.2. The van der Waals surface area contributed by atoms with E-state index in [1.165, 1.54) is 6.20 Å². The zero-order valence-corrected chi connectivity index (χ0v) is 11.2. The number of aromatic amines is 1. The average Bonchev–Trinajstić information content (AvgIpc) is 2.73. The molecular formula is C13H16N2O5. The summed E-state index contributed by atoms with van der Waals surface area (Å²) in [5, 5.41) is 10.6. The number of aromatic nitrogens is 1. The highest BCUT2D eigenvalue weighted by Crippen LogP contribution is 2.27. The third kappa shape index (κ3) is 2.87. The Bertz CT molecular complexity index is 549. The minimum Gasteiger partial charge on any atom is -0.462 e. The molecule has 7 heteroatoms. The zero-order chi connectivity index (χ0) is 14.7. The van der Waals surface area contributed by atoms with Gasteiger partial charge in [0.15, 0.2) is 5.78 Å². The monoisotopic (exact) mass is 280 g/mol. The number of nitrogens with zero attached hydrogens (tertiary/aromatic N) is 1. The number of ketones is 1. The molecule has 1 aliphatic carbocycles. The van der Waals surface area contributed by atoms with Crippen molar-refractivity contribution in [1.82, 2.24) is 4.98 Å². The minimum absolute atomic E-state index is 0.0955. The molecule has 1 aromatic rings. The van der Waals surface area contributed by atoms with Gasteiger partial charge in [-0.15, -0.1) is 0 Å². The van der Waals surface area contributed by atoms with Gasteiger partial charge in [-0.2, -0.15) is 0 Å². The minimum atomic E-state index is -0.536. The van der Waals surface area contributed by atoms with E-state index >= 15 is 0 Å². The molecule has 0 saturated carbocycles. The van der Waals surface area contributed by atoms with Gasteiger partial charge >= 0.3 is 5.97 Å². The van der Waals surface area contributed by atoms with Crippen molar-refractivity contribution in [2.45, 2.75) is 26.2 Å². The Morgan fingerprint density at radius 3 is 3.00 bits per heavy atom. The number of aryl methyl sites for hydroxylation is 1. The fourth-order valence-electron chi connectivity index (χ4n) is 2.53. The van der Waals surface area contributed by atoms with Crippen molar-refractivity contribution in [2.24, 2.45) is 5.92 Å². The molecule has 0 radical (unpaired) electrons. The highest BCUT2D eigenvalue weighted by Gasteiger charge is 2.30. The van der Waals surface area contributed by atoms with Crippen LogP contribution in [0.2, 0.25) is 0 Å².